The molecule has 2 heterocycles. The quantitative estimate of drug-likeness (QED) is 0.536. The van der Waals surface area contributed by atoms with Crippen LogP contribution in [0.3, 0.4) is 0 Å². The molecule has 152 valence electrons. The molecule has 0 bridgehead atoms. The Labute approximate surface area is 177 Å². The molecular weight excluding hydrogens is 402 g/mol. The van der Waals surface area contributed by atoms with Gasteiger partial charge < -0.3 is 5.32 Å². The summed E-state index contributed by atoms with van der Waals surface area (Å²) in [4.78, 5) is 25.5. The maximum absolute atomic E-state index is 13.1. The van der Waals surface area contributed by atoms with Gasteiger partial charge in [0.25, 0.3) is 5.56 Å². The fraction of sp³-hybridized carbons (Fsp3) is 0.182. The number of hydrogen-bond donors (Lipinski definition) is 1. The van der Waals surface area contributed by atoms with Gasteiger partial charge in [-0.25, -0.2) is 9.36 Å². The number of halogens is 1. The predicted molar refractivity (Wildman–Crippen MR) is 116 cm³/mol. The highest BCUT2D eigenvalue weighted by atomic mass is 35.5. The summed E-state index contributed by atoms with van der Waals surface area (Å²) in [5, 5.41) is 12.6. The molecule has 0 fully saturated rings. The Morgan fingerprint density at radius 1 is 1.13 bits per heavy atom. The zero-order valence-corrected chi connectivity index (χ0v) is 17.3. The van der Waals surface area contributed by atoms with Gasteiger partial charge in [-0.1, -0.05) is 47.5 Å². The lowest BCUT2D eigenvalue weighted by Crippen LogP contribution is -2.34. The first-order valence-electron chi connectivity index (χ1n) is 9.46. The first kappa shape index (κ1) is 19.8. The Kier molecular flexibility index (Phi) is 5.37. The maximum Gasteiger partial charge on any atom is 0.293 e. The molecule has 0 aliphatic rings. The van der Waals surface area contributed by atoms with E-state index in [0.29, 0.717) is 33.9 Å². The van der Waals surface area contributed by atoms with Crippen LogP contribution in [0.1, 0.15) is 16.8 Å². The SMILES string of the molecule is Cc1ccc(CNC(=O)Cn2nc(C)c3cnn(-c4cccc(Cl)c4)c3c2=O)cc1. The maximum atomic E-state index is 13.1. The second kappa shape index (κ2) is 8.12. The molecule has 0 aliphatic heterocycles. The van der Waals surface area contributed by atoms with Crippen LogP contribution in [0.5, 0.6) is 0 Å². The molecule has 0 radical (unpaired) electrons. The van der Waals surface area contributed by atoms with Crippen molar-refractivity contribution in [3.05, 3.63) is 86.9 Å². The number of aromatic nitrogens is 4. The average Bonchev–Trinajstić information content (AvgIpc) is 3.17. The van der Waals surface area contributed by atoms with E-state index in [0.717, 1.165) is 11.1 Å². The van der Waals surface area contributed by atoms with Crippen molar-refractivity contribution in [1.82, 2.24) is 24.9 Å². The number of fused-ring (bicyclic) bond motifs is 1. The third-order valence-corrected chi connectivity index (χ3v) is 5.06. The van der Waals surface area contributed by atoms with Gasteiger partial charge >= 0.3 is 0 Å². The fourth-order valence-corrected chi connectivity index (χ4v) is 3.42. The lowest BCUT2D eigenvalue weighted by molar-refractivity contribution is -0.122. The lowest BCUT2D eigenvalue weighted by Gasteiger charge is -2.10. The van der Waals surface area contributed by atoms with Crippen LogP contribution in [-0.2, 0) is 17.9 Å². The van der Waals surface area contributed by atoms with Crippen LogP contribution in [0.15, 0.2) is 59.5 Å². The number of hydrogen-bond acceptors (Lipinski definition) is 4. The van der Waals surface area contributed by atoms with Crippen LogP contribution in [0.2, 0.25) is 5.02 Å². The molecule has 2 aromatic carbocycles. The van der Waals surface area contributed by atoms with E-state index in [1.807, 2.05) is 37.3 Å². The van der Waals surface area contributed by atoms with Crippen molar-refractivity contribution in [2.24, 2.45) is 0 Å². The number of carbonyl (C=O) groups excluding carboxylic acids is 1. The van der Waals surface area contributed by atoms with Crippen LogP contribution < -0.4 is 10.9 Å². The second-order valence-electron chi connectivity index (χ2n) is 7.11. The van der Waals surface area contributed by atoms with Crippen molar-refractivity contribution in [3.63, 3.8) is 0 Å². The standard InChI is InChI=1S/C22H20ClN5O2/c1-14-6-8-16(9-7-14)11-24-20(29)13-27-22(30)21-19(15(2)26-27)12-25-28(21)18-5-3-4-17(23)10-18/h3-10,12H,11,13H2,1-2H3,(H,24,29). The highest BCUT2D eigenvalue weighted by Gasteiger charge is 2.16. The molecule has 1 N–H and O–H groups in total. The minimum Gasteiger partial charge on any atom is -0.350 e. The van der Waals surface area contributed by atoms with Gasteiger partial charge in [-0.15, -0.1) is 0 Å². The van der Waals surface area contributed by atoms with Crippen molar-refractivity contribution >= 4 is 28.4 Å². The minimum absolute atomic E-state index is 0.178. The minimum atomic E-state index is -0.390. The Bertz CT molecular complexity index is 1290. The molecule has 0 unspecified atom stereocenters. The van der Waals surface area contributed by atoms with E-state index in [9.17, 15) is 9.59 Å². The van der Waals surface area contributed by atoms with E-state index in [4.69, 9.17) is 11.6 Å². The highest BCUT2D eigenvalue weighted by molar-refractivity contribution is 6.30. The van der Waals surface area contributed by atoms with Gasteiger partial charge in [0.2, 0.25) is 5.91 Å². The molecule has 0 atom stereocenters. The van der Waals surface area contributed by atoms with E-state index >= 15 is 0 Å². The summed E-state index contributed by atoms with van der Waals surface area (Å²) in [6, 6.07) is 15.0. The first-order chi connectivity index (χ1) is 14.4. The average molecular weight is 422 g/mol. The summed E-state index contributed by atoms with van der Waals surface area (Å²) in [5.41, 5.74) is 3.38. The van der Waals surface area contributed by atoms with Gasteiger partial charge in [0.1, 0.15) is 12.1 Å². The summed E-state index contributed by atoms with van der Waals surface area (Å²) in [7, 11) is 0. The summed E-state index contributed by atoms with van der Waals surface area (Å²) in [6.45, 7) is 4.00. The van der Waals surface area contributed by atoms with Gasteiger partial charge in [0.15, 0.2) is 0 Å². The first-order valence-corrected chi connectivity index (χ1v) is 9.84. The number of carbonyl (C=O) groups is 1. The predicted octanol–water partition coefficient (Wildman–Crippen LogP) is 3.17. The molecule has 0 saturated carbocycles. The smallest absolute Gasteiger partial charge is 0.293 e. The number of nitrogens with zero attached hydrogens (tertiary/aromatic N) is 4. The number of nitrogens with one attached hydrogen (secondary N) is 1. The summed E-state index contributed by atoms with van der Waals surface area (Å²) >= 11 is 6.09. The third-order valence-electron chi connectivity index (χ3n) is 4.82. The molecular formula is C22H20ClN5O2. The van der Waals surface area contributed by atoms with Gasteiger partial charge in [0.05, 0.1) is 17.6 Å². The van der Waals surface area contributed by atoms with Crippen molar-refractivity contribution in [1.29, 1.82) is 0 Å². The Hall–Kier alpha value is -3.45. The van der Waals surface area contributed by atoms with Crippen molar-refractivity contribution < 1.29 is 4.79 Å². The molecule has 7 nitrogen and oxygen atoms in total. The van der Waals surface area contributed by atoms with Crippen molar-refractivity contribution in [2.45, 2.75) is 26.9 Å². The Balaban J connectivity index is 1.62. The normalized spacial score (nSPS) is 11.0. The number of benzene rings is 2. The van der Waals surface area contributed by atoms with E-state index < -0.39 is 5.56 Å². The van der Waals surface area contributed by atoms with E-state index in [-0.39, 0.29) is 12.5 Å². The third kappa shape index (κ3) is 3.97. The van der Waals surface area contributed by atoms with Gasteiger partial charge in [-0.2, -0.15) is 10.2 Å². The van der Waals surface area contributed by atoms with Crippen LogP contribution in [-0.4, -0.2) is 25.5 Å². The van der Waals surface area contributed by atoms with Crippen LogP contribution >= 0.6 is 11.6 Å². The summed E-state index contributed by atoms with van der Waals surface area (Å²) < 4.78 is 2.70. The number of rotatable bonds is 5. The van der Waals surface area contributed by atoms with Gasteiger partial charge in [0, 0.05) is 17.0 Å². The van der Waals surface area contributed by atoms with Crippen LogP contribution in [0.25, 0.3) is 16.6 Å². The molecule has 0 aliphatic carbocycles. The van der Waals surface area contributed by atoms with Crippen LogP contribution in [0.4, 0.5) is 0 Å². The molecule has 4 rings (SSSR count). The van der Waals surface area contributed by atoms with Gasteiger partial charge in [-0.3, -0.25) is 9.59 Å². The van der Waals surface area contributed by atoms with Crippen LogP contribution in [0, 0.1) is 13.8 Å². The lowest BCUT2D eigenvalue weighted by atomic mass is 10.1. The molecule has 4 aromatic rings. The topological polar surface area (TPSA) is 81.8 Å². The number of aryl methyl sites for hydroxylation is 2. The monoisotopic (exact) mass is 421 g/mol. The summed E-state index contributed by atoms with van der Waals surface area (Å²) in [6.07, 6.45) is 1.60. The highest BCUT2D eigenvalue weighted by Crippen LogP contribution is 2.19. The van der Waals surface area contributed by atoms with Crippen molar-refractivity contribution in [2.75, 3.05) is 0 Å². The molecule has 8 heteroatoms. The van der Waals surface area contributed by atoms with Gasteiger partial charge in [-0.05, 0) is 37.6 Å². The zero-order valence-electron chi connectivity index (χ0n) is 16.6. The Morgan fingerprint density at radius 3 is 2.63 bits per heavy atom. The molecule has 0 spiro atoms. The zero-order chi connectivity index (χ0) is 21.3. The summed E-state index contributed by atoms with van der Waals surface area (Å²) in [5.74, 6) is -0.294. The number of amides is 1. The fourth-order valence-electron chi connectivity index (χ4n) is 3.23. The molecule has 30 heavy (non-hydrogen) atoms. The Morgan fingerprint density at radius 2 is 1.90 bits per heavy atom. The van der Waals surface area contributed by atoms with E-state index in [1.165, 1.54) is 9.36 Å². The largest absolute Gasteiger partial charge is 0.350 e. The van der Waals surface area contributed by atoms with Crippen molar-refractivity contribution in [3.8, 4) is 5.69 Å². The van der Waals surface area contributed by atoms with E-state index in [2.05, 4.69) is 15.5 Å². The molecule has 1 amide bonds. The second-order valence-corrected chi connectivity index (χ2v) is 7.55. The van der Waals surface area contributed by atoms with E-state index in [1.54, 1.807) is 31.3 Å². The molecule has 0 saturated heterocycles. The molecule has 2 aromatic heterocycles.